The Morgan fingerprint density at radius 1 is 1.47 bits per heavy atom. The number of alkyl halides is 1. The molecule has 0 heterocycles. The molecule has 0 saturated heterocycles. The number of benzene rings is 1. The predicted octanol–water partition coefficient (Wildman–Crippen LogP) is 4.36. The molecule has 4 heteroatoms. The molecule has 1 aromatic carbocycles. The van der Waals surface area contributed by atoms with E-state index in [0.717, 1.165) is 21.6 Å². The summed E-state index contributed by atoms with van der Waals surface area (Å²) < 4.78 is 0. The predicted molar refractivity (Wildman–Crippen MR) is 76.8 cm³/mol. The van der Waals surface area contributed by atoms with Gasteiger partial charge in [0.2, 0.25) is 0 Å². The Labute approximate surface area is 116 Å². The van der Waals surface area contributed by atoms with Crippen LogP contribution in [-0.2, 0) is 5.33 Å². The van der Waals surface area contributed by atoms with Gasteiger partial charge in [0.1, 0.15) is 0 Å². The number of nitriles is 1. The van der Waals surface area contributed by atoms with E-state index in [1.807, 2.05) is 12.1 Å². The second-order valence-corrected chi connectivity index (χ2v) is 5.08. The molecule has 1 aromatic rings. The molecule has 0 saturated carbocycles. The fraction of sp³-hybridized carbons (Fsp3) is 0.462. The molecule has 0 bridgehead atoms. The number of hydrogen-bond donors (Lipinski definition) is 0. The first kappa shape index (κ1) is 14.3. The maximum absolute atomic E-state index is 8.68. The van der Waals surface area contributed by atoms with E-state index in [0.29, 0.717) is 19.0 Å². The van der Waals surface area contributed by atoms with Gasteiger partial charge in [-0.05, 0) is 31.5 Å². The highest BCUT2D eigenvalue weighted by molar-refractivity contribution is 9.08. The summed E-state index contributed by atoms with van der Waals surface area (Å²) in [6, 6.07) is 8.54. The van der Waals surface area contributed by atoms with Crippen LogP contribution < -0.4 is 4.90 Å². The number of anilines is 1. The van der Waals surface area contributed by atoms with Crippen LogP contribution >= 0.6 is 27.5 Å². The molecule has 0 aromatic heterocycles. The zero-order valence-electron chi connectivity index (χ0n) is 10.1. The molecule has 0 fully saturated rings. The highest BCUT2D eigenvalue weighted by Gasteiger charge is 2.13. The van der Waals surface area contributed by atoms with Crippen LogP contribution in [0.1, 0.15) is 25.8 Å². The summed E-state index contributed by atoms with van der Waals surface area (Å²) in [6.07, 6.45) is 0.509. The van der Waals surface area contributed by atoms with Crippen molar-refractivity contribution in [3.8, 4) is 6.07 Å². The minimum Gasteiger partial charge on any atom is -0.367 e. The Bertz CT molecular complexity index is 412. The second-order valence-electron chi connectivity index (χ2n) is 4.11. The summed E-state index contributed by atoms with van der Waals surface area (Å²) >= 11 is 9.69. The Morgan fingerprint density at radius 3 is 2.65 bits per heavy atom. The van der Waals surface area contributed by atoms with E-state index in [4.69, 9.17) is 16.9 Å². The monoisotopic (exact) mass is 314 g/mol. The van der Waals surface area contributed by atoms with E-state index in [1.165, 1.54) is 0 Å². The number of hydrogen-bond acceptors (Lipinski definition) is 2. The van der Waals surface area contributed by atoms with Gasteiger partial charge in [0, 0.05) is 17.9 Å². The molecule has 0 N–H and O–H groups in total. The lowest BCUT2D eigenvalue weighted by atomic mass is 10.2. The summed E-state index contributed by atoms with van der Waals surface area (Å²) in [5.41, 5.74) is 2.16. The van der Waals surface area contributed by atoms with Crippen molar-refractivity contribution < 1.29 is 0 Å². The van der Waals surface area contributed by atoms with Crippen LogP contribution in [0.15, 0.2) is 18.2 Å². The zero-order valence-corrected chi connectivity index (χ0v) is 12.4. The van der Waals surface area contributed by atoms with Crippen LogP contribution in [0.5, 0.6) is 0 Å². The minimum absolute atomic E-state index is 0.329. The Balaban J connectivity index is 2.98. The molecule has 2 nitrogen and oxygen atoms in total. The van der Waals surface area contributed by atoms with Crippen molar-refractivity contribution in [2.75, 3.05) is 11.4 Å². The van der Waals surface area contributed by atoms with Gasteiger partial charge in [0.15, 0.2) is 0 Å². The molecule has 0 aliphatic carbocycles. The molecule has 0 aliphatic rings. The Kier molecular flexibility index (Phi) is 5.80. The van der Waals surface area contributed by atoms with Gasteiger partial charge in [-0.15, -0.1) is 0 Å². The van der Waals surface area contributed by atoms with Crippen LogP contribution in [-0.4, -0.2) is 12.6 Å². The lowest BCUT2D eigenvalue weighted by molar-refractivity contribution is 0.687. The summed E-state index contributed by atoms with van der Waals surface area (Å²) in [4.78, 5) is 2.16. The van der Waals surface area contributed by atoms with Crippen molar-refractivity contribution in [2.45, 2.75) is 31.6 Å². The summed E-state index contributed by atoms with van der Waals surface area (Å²) in [5.74, 6) is 0. The van der Waals surface area contributed by atoms with Crippen molar-refractivity contribution in [1.82, 2.24) is 0 Å². The molecule has 17 heavy (non-hydrogen) atoms. The summed E-state index contributed by atoms with van der Waals surface area (Å²) in [6.45, 7) is 4.92. The largest absolute Gasteiger partial charge is 0.367 e. The maximum Gasteiger partial charge on any atom is 0.0642 e. The Morgan fingerprint density at radius 2 is 2.18 bits per heavy atom. The van der Waals surface area contributed by atoms with Gasteiger partial charge < -0.3 is 4.90 Å². The van der Waals surface area contributed by atoms with Gasteiger partial charge >= 0.3 is 0 Å². The van der Waals surface area contributed by atoms with Crippen LogP contribution in [0.3, 0.4) is 0 Å². The van der Waals surface area contributed by atoms with Gasteiger partial charge in [-0.1, -0.05) is 33.6 Å². The number of nitrogens with zero attached hydrogens (tertiary/aromatic N) is 2. The van der Waals surface area contributed by atoms with Gasteiger partial charge in [0.05, 0.1) is 23.2 Å². The fourth-order valence-corrected chi connectivity index (χ4v) is 2.35. The smallest absolute Gasteiger partial charge is 0.0642 e. The van der Waals surface area contributed by atoms with Crippen LogP contribution in [0.2, 0.25) is 5.02 Å². The van der Waals surface area contributed by atoms with Crippen molar-refractivity contribution in [3.63, 3.8) is 0 Å². The van der Waals surface area contributed by atoms with E-state index < -0.39 is 0 Å². The van der Waals surface area contributed by atoms with Crippen molar-refractivity contribution >= 4 is 33.2 Å². The summed E-state index contributed by atoms with van der Waals surface area (Å²) in [5, 5.41) is 10.2. The van der Waals surface area contributed by atoms with Gasteiger partial charge in [-0.25, -0.2) is 0 Å². The van der Waals surface area contributed by atoms with Gasteiger partial charge in [-0.2, -0.15) is 5.26 Å². The number of rotatable bonds is 5. The minimum atomic E-state index is 0.329. The fourth-order valence-electron chi connectivity index (χ4n) is 1.69. The summed E-state index contributed by atoms with van der Waals surface area (Å²) in [7, 11) is 0. The lowest BCUT2D eigenvalue weighted by Crippen LogP contribution is -2.31. The molecule has 0 aliphatic heterocycles. The highest BCUT2D eigenvalue weighted by atomic mass is 79.9. The molecule has 0 unspecified atom stereocenters. The maximum atomic E-state index is 8.68. The molecule has 92 valence electrons. The third-order valence-electron chi connectivity index (χ3n) is 2.56. The van der Waals surface area contributed by atoms with Crippen molar-refractivity contribution in [2.24, 2.45) is 0 Å². The van der Waals surface area contributed by atoms with E-state index in [1.54, 1.807) is 0 Å². The van der Waals surface area contributed by atoms with E-state index in [-0.39, 0.29) is 0 Å². The molecule has 0 spiro atoms. The lowest BCUT2D eigenvalue weighted by Gasteiger charge is -2.29. The van der Waals surface area contributed by atoms with Gasteiger partial charge in [-0.3, -0.25) is 0 Å². The molecule has 0 atom stereocenters. The normalized spacial score (nSPS) is 10.4. The second kappa shape index (κ2) is 6.88. The number of halogens is 2. The molecule has 0 amide bonds. The van der Waals surface area contributed by atoms with Crippen LogP contribution in [0.25, 0.3) is 0 Å². The Hall–Kier alpha value is -0.720. The first-order valence-electron chi connectivity index (χ1n) is 5.58. The van der Waals surface area contributed by atoms with Crippen LogP contribution in [0, 0.1) is 11.3 Å². The molecular formula is C13H16BrClN2. The van der Waals surface area contributed by atoms with Crippen molar-refractivity contribution in [1.29, 1.82) is 5.26 Å². The highest BCUT2D eigenvalue weighted by Crippen LogP contribution is 2.29. The van der Waals surface area contributed by atoms with E-state index in [9.17, 15) is 0 Å². The van der Waals surface area contributed by atoms with Gasteiger partial charge in [0.25, 0.3) is 0 Å². The SMILES string of the molecule is CC(C)N(CCC#N)c1ccc(CBr)cc1Cl. The molecular weight excluding hydrogens is 300 g/mol. The zero-order chi connectivity index (χ0) is 12.8. The molecule has 0 radical (unpaired) electrons. The molecule has 1 rings (SSSR count). The van der Waals surface area contributed by atoms with E-state index >= 15 is 0 Å². The third kappa shape index (κ3) is 3.90. The topological polar surface area (TPSA) is 27.0 Å². The quantitative estimate of drug-likeness (QED) is 0.755. The van der Waals surface area contributed by atoms with Crippen molar-refractivity contribution in [3.05, 3.63) is 28.8 Å². The van der Waals surface area contributed by atoms with Crippen LogP contribution in [0.4, 0.5) is 5.69 Å². The third-order valence-corrected chi connectivity index (χ3v) is 3.51. The average Bonchev–Trinajstić information content (AvgIpc) is 2.30. The average molecular weight is 316 g/mol. The first-order chi connectivity index (χ1) is 8.10. The standard InChI is InChI=1S/C13H16BrClN2/c1-10(2)17(7-3-6-16)13-5-4-11(9-14)8-12(13)15/h4-5,8,10H,3,7,9H2,1-2H3. The first-order valence-corrected chi connectivity index (χ1v) is 7.08. The van der Waals surface area contributed by atoms with E-state index in [2.05, 4.69) is 46.8 Å².